The molecule has 6 nitrogen and oxygen atoms in total. The molecule has 1 heterocycles. The lowest BCUT2D eigenvalue weighted by molar-refractivity contribution is 0.192. The molecule has 0 atom stereocenters. The summed E-state index contributed by atoms with van der Waals surface area (Å²) >= 11 is 0. The van der Waals surface area contributed by atoms with E-state index in [0.717, 1.165) is 52.8 Å². The molecule has 1 aliphatic carbocycles. The maximum atomic E-state index is 10.5. The minimum absolute atomic E-state index is 0.0296. The number of rotatable bonds is 4. The van der Waals surface area contributed by atoms with Crippen LogP contribution in [0.4, 0.5) is 0 Å². The van der Waals surface area contributed by atoms with E-state index in [1.165, 1.54) is 12.1 Å². The zero-order chi connectivity index (χ0) is 23.1. The Morgan fingerprint density at radius 2 is 1.35 bits per heavy atom. The Kier molecular flexibility index (Phi) is 4.99. The molecule has 0 amide bonds. The van der Waals surface area contributed by atoms with Gasteiger partial charge in [0.15, 0.2) is 11.6 Å². The number of phenolic OH excluding ortho intramolecular Hbond substituents is 2. The van der Waals surface area contributed by atoms with Crippen molar-refractivity contribution < 1.29 is 14.9 Å². The molecule has 0 aliphatic heterocycles. The van der Waals surface area contributed by atoms with Crippen LogP contribution in [0.2, 0.25) is 0 Å². The maximum Gasteiger partial charge on any atom is 0.320 e. The fourth-order valence-electron chi connectivity index (χ4n) is 4.76. The minimum atomic E-state index is -0.105. The van der Waals surface area contributed by atoms with Gasteiger partial charge in [0, 0.05) is 11.6 Å². The van der Waals surface area contributed by atoms with Gasteiger partial charge in [-0.25, -0.2) is 4.98 Å². The molecule has 0 radical (unpaired) electrons. The van der Waals surface area contributed by atoms with Crippen LogP contribution in [0.25, 0.3) is 44.3 Å². The van der Waals surface area contributed by atoms with Crippen LogP contribution in [0.5, 0.6) is 17.5 Å². The van der Waals surface area contributed by atoms with E-state index in [4.69, 9.17) is 14.7 Å². The first kappa shape index (κ1) is 20.4. The summed E-state index contributed by atoms with van der Waals surface area (Å²) < 4.78 is 6.19. The molecule has 0 unspecified atom stereocenters. The fraction of sp³-hybridized carbons (Fsp3) is 0.179. The van der Waals surface area contributed by atoms with E-state index in [0.29, 0.717) is 17.2 Å². The Labute approximate surface area is 196 Å². The third-order valence-electron chi connectivity index (χ3n) is 6.41. The Hall–Kier alpha value is -4.19. The molecule has 34 heavy (non-hydrogen) atoms. The second-order valence-electron chi connectivity index (χ2n) is 8.68. The molecule has 0 spiro atoms. The van der Waals surface area contributed by atoms with Gasteiger partial charge in [0.1, 0.15) is 17.6 Å². The second kappa shape index (κ2) is 8.30. The highest BCUT2D eigenvalue weighted by atomic mass is 16.5. The molecule has 4 aromatic carbocycles. The predicted octanol–water partition coefficient (Wildman–Crippen LogP) is 6.24. The molecule has 168 valence electrons. The Bertz CT molecular complexity index is 1470. The van der Waals surface area contributed by atoms with Gasteiger partial charge >= 0.3 is 6.01 Å². The van der Waals surface area contributed by atoms with E-state index in [1.807, 2.05) is 24.3 Å². The summed E-state index contributed by atoms with van der Waals surface area (Å²) in [5.41, 5.74) is 1.30. The summed E-state index contributed by atoms with van der Waals surface area (Å²) in [6.07, 6.45) is 4.26. The van der Waals surface area contributed by atoms with Crippen LogP contribution >= 0.6 is 0 Å². The van der Waals surface area contributed by atoms with Crippen molar-refractivity contribution in [3.05, 3.63) is 72.8 Å². The average molecular weight is 450 g/mol. The molecule has 0 saturated heterocycles. The Morgan fingerprint density at radius 3 is 2.03 bits per heavy atom. The lowest BCUT2D eigenvalue weighted by Gasteiger charge is -2.15. The van der Waals surface area contributed by atoms with E-state index >= 15 is 0 Å². The molecular formula is C28H23N3O3. The average Bonchev–Trinajstić information content (AvgIpc) is 3.35. The highest BCUT2D eigenvalue weighted by Crippen LogP contribution is 2.37. The van der Waals surface area contributed by atoms with E-state index in [1.54, 1.807) is 6.07 Å². The topological polar surface area (TPSA) is 88.4 Å². The molecule has 6 rings (SSSR count). The van der Waals surface area contributed by atoms with Crippen molar-refractivity contribution in [3.63, 3.8) is 0 Å². The van der Waals surface area contributed by atoms with Crippen LogP contribution in [0.1, 0.15) is 25.7 Å². The highest BCUT2D eigenvalue weighted by molar-refractivity contribution is 6.11. The summed E-state index contributed by atoms with van der Waals surface area (Å²) in [5, 5.41) is 24.5. The molecule has 6 heteroatoms. The first-order valence-corrected chi connectivity index (χ1v) is 11.5. The number of fused-ring (bicyclic) bond motifs is 2. The van der Waals surface area contributed by atoms with Gasteiger partial charge in [-0.1, -0.05) is 48.5 Å². The maximum absolute atomic E-state index is 10.5. The number of benzene rings is 4. The highest BCUT2D eigenvalue weighted by Gasteiger charge is 2.22. The predicted molar refractivity (Wildman–Crippen MR) is 132 cm³/mol. The first-order valence-electron chi connectivity index (χ1n) is 11.5. The van der Waals surface area contributed by atoms with Crippen molar-refractivity contribution in [1.82, 2.24) is 15.0 Å². The van der Waals surface area contributed by atoms with E-state index in [9.17, 15) is 10.2 Å². The van der Waals surface area contributed by atoms with Crippen LogP contribution in [0.3, 0.4) is 0 Å². The zero-order valence-electron chi connectivity index (χ0n) is 18.5. The first-order chi connectivity index (χ1) is 16.7. The normalized spacial score (nSPS) is 14.1. The van der Waals surface area contributed by atoms with Crippen LogP contribution in [-0.2, 0) is 0 Å². The molecule has 1 aliphatic rings. The number of aromatic hydroxyl groups is 2. The van der Waals surface area contributed by atoms with Crippen LogP contribution in [0.15, 0.2) is 72.8 Å². The molecule has 1 aromatic heterocycles. The monoisotopic (exact) mass is 449 g/mol. The molecule has 1 fully saturated rings. The molecule has 0 bridgehead atoms. The third kappa shape index (κ3) is 3.67. The summed E-state index contributed by atoms with van der Waals surface area (Å²) in [6, 6.07) is 23.1. The van der Waals surface area contributed by atoms with Crippen molar-refractivity contribution >= 4 is 21.5 Å². The van der Waals surface area contributed by atoms with Crippen molar-refractivity contribution in [2.75, 3.05) is 0 Å². The van der Waals surface area contributed by atoms with Crippen molar-refractivity contribution in [2.45, 2.75) is 31.8 Å². The van der Waals surface area contributed by atoms with Crippen molar-refractivity contribution in [2.24, 2.45) is 0 Å². The SMILES string of the molecule is Oc1ccc(-c2nc(OC3CCCC3)nc(-c3c4ccccc4cc4ccccc34)n2)c(O)c1. The van der Waals surface area contributed by atoms with Gasteiger partial charge in [0.05, 0.1) is 5.56 Å². The van der Waals surface area contributed by atoms with Crippen LogP contribution in [-0.4, -0.2) is 31.3 Å². The van der Waals surface area contributed by atoms with Gasteiger partial charge in [-0.05, 0) is 65.4 Å². The number of phenols is 2. The lowest BCUT2D eigenvalue weighted by Crippen LogP contribution is -2.14. The number of hydrogen-bond donors (Lipinski definition) is 2. The molecular weight excluding hydrogens is 426 g/mol. The Morgan fingerprint density at radius 1 is 0.706 bits per heavy atom. The molecule has 2 N–H and O–H groups in total. The molecule has 1 saturated carbocycles. The standard InChI is InChI=1S/C28H23N3O3/c32-19-13-14-23(24(33)16-19)26-29-27(31-28(30-26)34-20-9-3-4-10-20)25-21-11-5-1-7-17(21)15-18-8-2-6-12-22(18)25/h1-2,5-8,11-16,20,32-33H,3-4,9-10H2. The largest absolute Gasteiger partial charge is 0.508 e. The zero-order valence-corrected chi connectivity index (χ0v) is 18.5. The Balaban J connectivity index is 1.62. The summed E-state index contributed by atoms with van der Waals surface area (Å²) in [7, 11) is 0. The number of hydrogen-bond acceptors (Lipinski definition) is 6. The lowest BCUT2D eigenvalue weighted by atomic mass is 9.96. The van der Waals surface area contributed by atoms with Crippen molar-refractivity contribution in [1.29, 1.82) is 0 Å². The third-order valence-corrected chi connectivity index (χ3v) is 6.41. The summed E-state index contributed by atoms with van der Waals surface area (Å²) in [4.78, 5) is 14.1. The van der Waals surface area contributed by atoms with Crippen molar-refractivity contribution in [3.8, 4) is 40.3 Å². The number of nitrogens with zero attached hydrogens (tertiary/aromatic N) is 3. The van der Waals surface area contributed by atoms with Gasteiger partial charge in [-0.15, -0.1) is 0 Å². The smallest absolute Gasteiger partial charge is 0.320 e. The van der Waals surface area contributed by atoms with Gasteiger partial charge in [-0.2, -0.15) is 9.97 Å². The van der Waals surface area contributed by atoms with Gasteiger partial charge in [-0.3, -0.25) is 0 Å². The molecule has 5 aromatic rings. The number of ether oxygens (including phenoxy) is 1. The van der Waals surface area contributed by atoms with E-state index < -0.39 is 0 Å². The van der Waals surface area contributed by atoms with E-state index in [2.05, 4.69) is 35.3 Å². The van der Waals surface area contributed by atoms with Gasteiger partial charge < -0.3 is 14.9 Å². The van der Waals surface area contributed by atoms with E-state index in [-0.39, 0.29) is 23.6 Å². The quantitative estimate of drug-likeness (QED) is 0.316. The second-order valence-corrected chi connectivity index (χ2v) is 8.68. The fourth-order valence-corrected chi connectivity index (χ4v) is 4.76. The van der Waals surface area contributed by atoms with Crippen LogP contribution in [0, 0.1) is 0 Å². The van der Waals surface area contributed by atoms with Gasteiger partial charge in [0.25, 0.3) is 0 Å². The minimum Gasteiger partial charge on any atom is -0.508 e. The number of aromatic nitrogens is 3. The van der Waals surface area contributed by atoms with Crippen LogP contribution < -0.4 is 4.74 Å². The summed E-state index contributed by atoms with van der Waals surface area (Å²) in [6.45, 7) is 0. The van der Waals surface area contributed by atoms with Gasteiger partial charge in [0.2, 0.25) is 0 Å². The summed E-state index contributed by atoms with van der Waals surface area (Å²) in [5.74, 6) is 0.649.